The molecule has 0 radical (unpaired) electrons. The Hall–Kier alpha value is -1.62. The van der Waals surface area contributed by atoms with Crippen molar-refractivity contribution in [3.05, 3.63) is 12.1 Å². The van der Waals surface area contributed by atoms with Crippen LogP contribution in [0.2, 0.25) is 0 Å². The van der Waals surface area contributed by atoms with E-state index in [0.29, 0.717) is 12.4 Å². The third-order valence-corrected chi connectivity index (χ3v) is 3.79. The van der Waals surface area contributed by atoms with Crippen LogP contribution in [0.1, 0.15) is 47.0 Å². The van der Waals surface area contributed by atoms with Crippen LogP contribution in [0.15, 0.2) is 12.1 Å². The van der Waals surface area contributed by atoms with Gasteiger partial charge in [0.2, 0.25) is 0 Å². The molecule has 1 fully saturated rings. The minimum atomic E-state index is -0.652. The van der Waals surface area contributed by atoms with Gasteiger partial charge in [0, 0.05) is 25.2 Å². The first-order chi connectivity index (χ1) is 11.0. The number of benzene rings is 1. The number of hydrogen-bond donors (Lipinski definition) is 0. The second-order valence-electron chi connectivity index (χ2n) is 7.07. The summed E-state index contributed by atoms with van der Waals surface area (Å²) in [5.41, 5.74) is 0.816. The number of fused-ring (bicyclic) bond motifs is 1. The van der Waals surface area contributed by atoms with E-state index >= 15 is 0 Å². The Balaban J connectivity index is 1.86. The molecule has 1 unspecified atom stereocenters. The minimum absolute atomic E-state index is 0.264. The normalized spacial score (nSPS) is 20.2. The lowest BCUT2D eigenvalue weighted by molar-refractivity contribution is -0.176. The zero-order chi connectivity index (χ0) is 16.4. The fourth-order valence-electron chi connectivity index (χ4n) is 2.85. The Morgan fingerprint density at radius 2 is 1.78 bits per heavy atom. The van der Waals surface area contributed by atoms with Crippen molar-refractivity contribution in [3.8, 4) is 17.2 Å². The maximum atomic E-state index is 6.17. The molecule has 1 atom stereocenters. The summed E-state index contributed by atoms with van der Waals surface area (Å²) in [6, 6.07) is 3.96. The van der Waals surface area contributed by atoms with E-state index in [4.69, 9.17) is 18.9 Å². The van der Waals surface area contributed by atoms with E-state index in [9.17, 15) is 0 Å². The molecule has 2 aliphatic heterocycles. The minimum Gasteiger partial charge on any atom is -0.486 e. The standard InChI is InChI=1S/C18H27NO4/c1-5-10-20-17-21-15-11-13(19-8-6-7-9-19)14(12-16(15)22-17)23-18(2,3)4/h11-12,17H,5-10H2,1-4H3. The van der Waals surface area contributed by atoms with Crippen LogP contribution in [0.4, 0.5) is 5.69 Å². The summed E-state index contributed by atoms with van der Waals surface area (Å²) < 4.78 is 23.2. The van der Waals surface area contributed by atoms with Gasteiger partial charge in [0.05, 0.1) is 12.3 Å². The third-order valence-electron chi connectivity index (χ3n) is 3.79. The fraction of sp³-hybridized carbons (Fsp3) is 0.667. The first-order valence-electron chi connectivity index (χ1n) is 8.53. The average Bonchev–Trinajstić information content (AvgIpc) is 3.11. The van der Waals surface area contributed by atoms with Crippen LogP contribution >= 0.6 is 0 Å². The molecule has 0 spiro atoms. The highest BCUT2D eigenvalue weighted by Gasteiger charge is 2.30. The van der Waals surface area contributed by atoms with Crippen molar-refractivity contribution in [2.45, 2.75) is 59.0 Å². The molecule has 0 N–H and O–H groups in total. The molecular formula is C18H27NO4. The van der Waals surface area contributed by atoms with Crippen LogP contribution in [0.25, 0.3) is 0 Å². The molecule has 1 aromatic rings. The molecule has 0 amide bonds. The van der Waals surface area contributed by atoms with Gasteiger partial charge in [-0.25, -0.2) is 0 Å². The first kappa shape index (κ1) is 16.2. The van der Waals surface area contributed by atoms with Crippen LogP contribution in [0, 0.1) is 0 Å². The van der Waals surface area contributed by atoms with Crippen LogP contribution in [0.3, 0.4) is 0 Å². The monoisotopic (exact) mass is 321 g/mol. The molecule has 23 heavy (non-hydrogen) atoms. The predicted octanol–water partition coefficient (Wildman–Crippen LogP) is 3.95. The Morgan fingerprint density at radius 3 is 2.39 bits per heavy atom. The van der Waals surface area contributed by atoms with E-state index in [1.807, 2.05) is 12.1 Å². The van der Waals surface area contributed by atoms with Crippen LogP contribution < -0.4 is 19.1 Å². The molecule has 0 bridgehead atoms. The number of anilines is 1. The molecule has 3 rings (SSSR count). The molecule has 0 saturated carbocycles. The molecule has 1 aromatic carbocycles. The van der Waals surface area contributed by atoms with Gasteiger partial charge >= 0.3 is 6.48 Å². The maximum Gasteiger partial charge on any atom is 0.361 e. The maximum absolute atomic E-state index is 6.17. The summed E-state index contributed by atoms with van der Waals surface area (Å²) in [5.74, 6) is 2.26. The average molecular weight is 321 g/mol. The lowest BCUT2D eigenvalue weighted by atomic mass is 10.1. The van der Waals surface area contributed by atoms with Gasteiger partial charge in [-0.1, -0.05) is 6.92 Å². The molecule has 5 heteroatoms. The van der Waals surface area contributed by atoms with Crippen LogP contribution in [-0.2, 0) is 4.74 Å². The SMILES string of the molecule is CCCOC1Oc2cc(OC(C)(C)C)c(N3CCCC3)cc2O1. The van der Waals surface area contributed by atoms with E-state index in [2.05, 4.69) is 32.6 Å². The van der Waals surface area contributed by atoms with Crippen molar-refractivity contribution < 1.29 is 18.9 Å². The topological polar surface area (TPSA) is 40.2 Å². The summed E-state index contributed by atoms with van der Waals surface area (Å²) in [6.07, 6.45) is 3.36. The Kier molecular flexibility index (Phi) is 4.57. The van der Waals surface area contributed by atoms with E-state index < -0.39 is 6.48 Å². The van der Waals surface area contributed by atoms with Crippen LogP contribution in [-0.4, -0.2) is 31.8 Å². The summed E-state index contributed by atoms with van der Waals surface area (Å²) >= 11 is 0. The molecule has 1 saturated heterocycles. The van der Waals surface area contributed by atoms with Gasteiger partial charge in [-0.15, -0.1) is 0 Å². The summed E-state index contributed by atoms with van der Waals surface area (Å²) in [6.45, 7) is 10.3. The summed E-state index contributed by atoms with van der Waals surface area (Å²) in [4.78, 5) is 2.35. The quantitative estimate of drug-likeness (QED) is 0.821. The van der Waals surface area contributed by atoms with Gasteiger partial charge in [0.15, 0.2) is 11.5 Å². The second kappa shape index (κ2) is 6.48. The van der Waals surface area contributed by atoms with Crippen molar-refractivity contribution in [2.75, 3.05) is 24.6 Å². The van der Waals surface area contributed by atoms with Crippen molar-refractivity contribution in [1.82, 2.24) is 0 Å². The highest BCUT2D eigenvalue weighted by atomic mass is 16.9. The zero-order valence-corrected chi connectivity index (χ0v) is 14.6. The molecule has 0 aromatic heterocycles. The molecule has 2 aliphatic rings. The zero-order valence-electron chi connectivity index (χ0n) is 14.6. The van der Waals surface area contributed by atoms with Gasteiger partial charge in [0.1, 0.15) is 11.4 Å². The molecule has 5 nitrogen and oxygen atoms in total. The predicted molar refractivity (Wildman–Crippen MR) is 89.6 cm³/mol. The molecule has 128 valence electrons. The van der Waals surface area contributed by atoms with E-state index in [1.165, 1.54) is 12.8 Å². The van der Waals surface area contributed by atoms with Crippen LogP contribution in [0.5, 0.6) is 17.2 Å². The van der Waals surface area contributed by atoms with E-state index in [1.54, 1.807) is 0 Å². The number of ether oxygens (including phenoxy) is 4. The highest BCUT2D eigenvalue weighted by molar-refractivity contribution is 5.67. The van der Waals surface area contributed by atoms with Crippen molar-refractivity contribution in [2.24, 2.45) is 0 Å². The van der Waals surface area contributed by atoms with Gasteiger partial charge in [-0.3, -0.25) is 0 Å². The third kappa shape index (κ3) is 3.83. The second-order valence-corrected chi connectivity index (χ2v) is 7.07. The van der Waals surface area contributed by atoms with E-state index in [-0.39, 0.29) is 5.60 Å². The van der Waals surface area contributed by atoms with E-state index in [0.717, 1.165) is 36.7 Å². The lowest BCUT2D eigenvalue weighted by Crippen LogP contribution is -2.25. The van der Waals surface area contributed by atoms with Gasteiger partial charge in [-0.2, -0.15) is 0 Å². The molecule has 0 aliphatic carbocycles. The lowest BCUT2D eigenvalue weighted by Gasteiger charge is -2.27. The van der Waals surface area contributed by atoms with Crippen molar-refractivity contribution in [3.63, 3.8) is 0 Å². The summed E-state index contributed by atoms with van der Waals surface area (Å²) in [5, 5.41) is 0. The van der Waals surface area contributed by atoms with Gasteiger partial charge in [0.25, 0.3) is 0 Å². The fourth-order valence-corrected chi connectivity index (χ4v) is 2.85. The van der Waals surface area contributed by atoms with Crippen molar-refractivity contribution >= 4 is 5.69 Å². The first-order valence-corrected chi connectivity index (χ1v) is 8.53. The number of rotatable bonds is 5. The number of nitrogens with zero attached hydrogens (tertiary/aromatic N) is 1. The molecular weight excluding hydrogens is 294 g/mol. The van der Waals surface area contributed by atoms with Crippen molar-refractivity contribution in [1.29, 1.82) is 0 Å². The van der Waals surface area contributed by atoms with Gasteiger partial charge in [-0.05, 0) is 40.0 Å². The Labute approximate surface area is 138 Å². The highest BCUT2D eigenvalue weighted by Crippen LogP contribution is 2.45. The molecule has 2 heterocycles. The Bertz CT molecular complexity index is 547. The summed E-state index contributed by atoms with van der Waals surface area (Å²) in [7, 11) is 0. The Morgan fingerprint density at radius 1 is 1.13 bits per heavy atom. The largest absolute Gasteiger partial charge is 0.486 e. The number of hydrogen-bond acceptors (Lipinski definition) is 5. The smallest absolute Gasteiger partial charge is 0.361 e. The van der Waals surface area contributed by atoms with Gasteiger partial charge < -0.3 is 23.8 Å².